The van der Waals surface area contributed by atoms with E-state index in [1.54, 1.807) is 24.1 Å². The molecule has 2 amide bonds. The molecule has 8 nitrogen and oxygen atoms in total. The van der Waals surface area contributed by atoms with Crippen LogP contribution >= 0.6 is 0 Å². The lowest BCUT2D eigenvalue weighted by atomic mass is 9.92. The van der Waals surface area contributed by atoms with Crippen molar-refractivity contribution in [1.82, 2.24) is 19.7 Å². The Morgan fingerprint density at radius 3 is 2.43 bits per heavy atom. The van der Waals surface area contributed by atoms with Gasteiger partial charge in [-0.3, -0.25) is 10.00 Å². The van der Waals surface area contributed by atoms with Crippen LogP contribution in [0.4, 0.5) is 22.2 Å². The van der Waals surface area contributed by atoms with Crippen molar-refractivity contribution in [3.05, 3.63) is 59.0 Å². The Morgan fingerprint density at radius 1 is 1.10 bits per heavy atom. The summed E-state index contributed by atoms with van der Waals surface area (Å²) in [6.45, 7) is 8.18. The summed E-state index contributed by atoms with van der Waals surface area (Å²) in [5, 5.41) is 10.1. The lowest BCUT2D eigenvalue weighted by Gasteiger charge is -2.13. The van der Waals surface area contributed by atoms with Gasteiger partial charge in [-0.2, -0.15) is 5.10 Å². The van der Waals surface area contributed by atoms with Crippen molar-refractivity contribution in [2.75, 3.05) is 16.4 Å². The number of urea groups is 1. The summed E-state index contributed by atoms with van der Waals surface area (Å²) in [4.78, 5) is 20.3. The Morgan fingerprint density at radius 2 is 1.80 bits per heavy atom. The Bertz CT molecular complexity index is 1130. The van der Waals surface area contributed by atoms with Gasteiger partial charge in [0, 0.05) is 42.2 Å². The summed E-state index contributed by atoms with van der Waals surface area (Å²) in [5.74, 6) is 6.91. The first kappa shape index (κ1) is 20.9. The van der Waals surface area contributed by atoms with Crippen LogP contribution in [-0.4, -0.2) is 25.8 Å². The third-order valence-corrected chi connectivity index (χ3v) is 4.40. The summed E-state index contributed by atoms with van der Waals surface area (Å²) in [5.41, 5.74) is 9.36. The van der Waals surface area contributed by atoms with Gasteiger partial charge in [-0.1, -0.05) is 38.7 Å². The number of nitrogens with two attached hydrogens (primary N) is 1. The first-order chi connectivity index (χ1) is 14.1. The zero-order valence-electron chi connectivity index (χ0n) is 17.7. The molecule has 0 radical (unpaired) electrons. The second kappa shape index (κ2) is 8.25. The topological polar surface area (TPSA) is 111 Å². The van der Waals surface area contributed by atoms with E-state index in [1.165, 1.54) is 0 Å². The molecule has 0 fully saturated rings. The fourth-order valence-corrected chi connectivity index (χ4v) is 2.61. The zero-order chi connectivity index (χ0) is 21.9. The van der Waals surface area contributed by atoms with Gasteiger partial charge >= 0.3 is 6.03 Å². The maximum atomic E-state index is 12.5. The Hall–Kier alpha value is -3.86. The average Bonchev–Trinajstić information content (AvgIpc) is 3.04. The van der Waals surface area contributed by atoms with Crippen LogP contribution in [0.15, 0.2) is 36.7 Å². The Labute approximate surface area is 175 Å². The summed E-state index contributed by atoms with van der Waals surface area (Å²) in [7, 11) is 1.80. The first-order valence-corrected chi connectivity index (χ1v) is 9.44. The lowest BCUT2D eigenvalue weighted by Crippen LogP contribution is -2.21. The number of amides is 2. The fourth-order valence-electron chi connectivity index (χ4n) is 2.61. The van der Waals surface area contributed by atoms with Gasteiger partial charge in [-0.15, -0.1) is 0 Å². The number of nitrogen functional groups attached to an aromatic ring is 1. The molecule has 1 aromatic carbocycles. The van der Waals surface area contributed by atoms with Gasteiger partial charge in [0.1, 0.15) is 5.82 Å². The second-order valence-electron chi connectivity index (χ2n) is 7.98. The van der Waals surface area contributed by atoms with Crippen molar-refractivity contribution in [3.63, 3.8) is 0 Å². The van der Waals surface area contributed by atoms with Crippen LogP contribution in [0.5, 0.6) is 0 Å². The molecule has 0 aliphatic rings. The van der Waals surface area contributed by atoms with Crippen molar-refractivity contribution in [2.24, 2.45) is 7.05 Å². The van der Waals surface area contributed by atoms with E-state index in [-0.39, 0.29) is 17.4 Å². The molecule has 0 bridgehead atoms. The zero-order valence-corrected chi connectivity index (χ0v) is 17.7. The minimum Gasteiger partial charge on any atom is -0.368 e. The number of hydrogen-bond donors (Lipinski definition) is 3. The van der Waals surface area contributed by atoms with E-state index in [1.807, 2.05) is 31.2 Å². The van der Waals surface area contributed by atoms with Crippen LogP contribution in [0.2, 0.25) is 0 Å². The van der Waals surface area contributed by atoms with Crippen molar-refractivity contribution >= 4 is 23.5 Å². The Kier molecular flexibility index (Phi) is 5.74. The molecule has 4 N–H and O–H groups in total. The number of aryl methyl sites for hydroxylation is 2. The maximum absolute atomic E-state index is 12.5. The van der Waals surface area contributed by atoms with Crippen molar-refractivity contribution in [2.45, 2.75) is 33.1 Å². The van der Waals surface area contributed by atoms with Crippen molar-refractivity contribution in [3.8, 4) is 11.8 Å². The predicted molar refractivity (Wildman–Crippen MR) is 118 cm³/mol. The molecular formula is C22H25N7O. The normalized spacial score (nSPS) is 10.8. The summed E-state index contributed by atoms with van der Waals surface area (Å²) in [6.07, 6.45) is 3.14. The number of anilines is 3. The molecule has 0 unspecified atom stereocenters. The van der Waals surface area contributed by atoms with Gasteiger partial charge in [0.2, 0.25) is 5.95 Å². The molecule has 3 aromatic rings. The van der Waals surface area contributed by atoms with Crippen molar-refractivity contribution in [1.29, 1.82) is 0 Å². The molecule has 30 heavy (non-hydrogen) atoms. The van der Waals surface area contributed by atoms with Gasteiger partial charge < -0.3 is 11.1 Å². The minimum atomic E-state index is -0.354. The van der Waals surface area contributed by atoms with E-state index in [9.17, 15) is 4.79 Å². The summed E-state index contributed by atoms with van der Waals surface area (Å²) >= 11 is 0. The molecule has 0 aliphatic heterocycles. The smallest absolute Gasteiger partial charge is 0.324 e. The van der Waals surface area contributed by atoms with E-state index in [0.717, 1.165) is 16.8 Å². The largest absolute Gasteiger partial charge is 0.368 e. The Balaban J connectivity index is 1.73. The molecule has 2 aromatic heterocycles. The molecule has 0 saturated carbocycles. The summed E-state index contributed by atoms with van der Waals surface area (Å²) in [6, 6.07) is 7.08. The molecule has 2 heterocycles. The third-order valence-electron chi connectivity index (χ3n) is 4.40. The number of carbonyl (C=O) groups is 1. The third kappa shape index (κ3) is 5.14. The van der Waals surface area contributed by atoms with Crippen LogP contribution in [0.25, 0.3) is 0 Å². The van der Waals surface area contributed by atoms with E-state index in [0.29, 0.717) is 17.1 Å². The van der Waals surface area contributed by atoms with Gasteiger partial charge in [-0.05, 0) is 24.6 Å². The number of hydrogen-bond acceptors (Lipinski definition) is 5. The van der Waals surface area contributed by atoms with E-state index < -0.39 is 0 Å². The van der Waals surface area contributed by atoms with Gasteiger partial charge in [0.15, 0.2) is 0 Å². The summed E-state index contributed by atoms with van der Waals surface area (Å²) < 4.78 is 1.65. The second-order valence-corrected chi connectivity index (χ2v) is 7.98. The van der Waals surface area contributed by atoms with Crippen molar-refractivity contribution < 1.29 is 4.79 Å². The quantitative estimate of drug-likeness (QED) is 0.568. The number of benzene rings is 1. The number of nitrogens with zero attached hydrogens (tertiary/aromatic N) is 4. The van der Waals surface area contributed by atoms with Gasteiger partial charge in [-0.25, -0.2) is 14.8 Å². The van der Waals surface area contributed by atoms with Crippen LogP contribution < -0.4 is 16.4 Å². The van der Waals surface area contributed by atoms with Crippen LogP contribution in [-0.2, 0) is 12.5 Å². The van der Waals surface area contributed by atoms with Gasteiger partial charge in [0.05, 0.1) is 11.3 Å². The van der Waals surface area contributed by atoms with E-state index in [4.69, 9.17) is 5.73 Å². The van der Waals surface area contributed by atoms with E-state index in [2.05, 4.69) is 58.3 Å². The standard InChI is InChI=1S/C22H25N7O/c1-14-6-9-17(10-16(14)8-7-15-12-24-20(23)25-13-15)26-21(30)27-19-11-18(22(2,3)4)28-29(19)5/h6,9-13H,1-5H3,(H2,23,24,25)(H2,26,27,30). The highest BCUT2D eigenvalue weighted by atomic mass is 16.2. The van der Waals surface area contributed by atoms with Gasteiger partial charge in [0.25, 0.3) is 0 Å². The first-order valence-electron chi connectivity index (χ1n) is 9.44. The molecule has 0 spiro atoms. The molecule has 0 atom stereocenters. The minimum absolute atomic E-state index is 0.103. The molecule has 8 heteroatoms. The molecular weight excluding hydrogens is 378 g/mol. The monoisotopic (exact) mass is 403 g/mol. The molecule has 154 valence electrons. The molecule has 0 aliphatic carbocycles. The fraction of sp³-hybridized carbons (Fsp3) is 0.273. The SMILES string of the molecule is Cc1ccc(NC(=O)Nc2cc(C(C)(C)C)nn2C)cc1C#Cc1cnc(N)nc1. The number of nitrogens with one attached hydrogen (secondary N) is 2. The van der Waals surface area contributed by atoms with Crippen LogP contribution in [0, 0.1) is 18.8 Å². The van der Waals surface area contributed by atoms with Crippen LogP contribution in [0.1, 0.15) is 43.2 Å². The van der Waals surface area contributed by atoms with Crippen LogP contribution in [0.3, 0.4) is 0 Å². The maximum Gasteiger partial charge on any atom is 0.324 e. The molecule has 0 saturated heterocycles. The average molecular weight is 403 g/mol. The lowest BCUT2D eigenvalue weighted by molar-refractivity contribution is 0.262. The number of aromatic nitrogens is 4. The highest BCUT2D eigenvalue weighted by molar-refractivity contribution is 5.99. The van der Waals surface area contributed by atoms with E-state index >= 15 is 0 Å². The predicted octanol–water partition coefficient (Wildman–Crippen LogP) is 3.44. The highest BCUT2D eigenvalue weighted by Gasteiger charge is 2.19. The highest BCUT2D eigenvalue weighted by Crippen LogP contribution is 2.23. The number of rotatable bonds is 2. The molecule has 3 rings (SSSR count). The number of carbonyl (C=O) groups excluding carboxylic acids is 1.